The van der Waals surface area contributed by atoms with Gasteiger partial charge in [-0.2, -0.15) is 0 Å². The number of rotatable bonds is 2. The van der Waals surface area contributed by atoms with Crippen LogP contribution in [0.4, 0.5) is 0 Å². The zero-order valence-corrected chi connectivity index (χ0v) is 14.7. The smallest absolute Gasteiger partial charge is 0.272 e. The summed E-state index contributed by atoms with van der Waals surface area (Å²) in [4.78, 5) is 38.3. The third-order valence-electron chi connectivity index (χ3n) is 4.72. The van der Waals surface area contributed by atoms with Crippen molar-refractivity contribution >= 4 is 5.91 Å². The Morgan fingerprint density at radius 1 is 1.23 bits per heavy atom. The van der Waals surface area contributed by atoms with Crippen molar-refractivity contribution in [2.24, 2.45) is 7.05 Å². The first-order chi connectivity index (χ1) is 12.5. The molecule has 0 atom stereocenters. The van der Waals surface area contributed by atoms with Crippen molar-refractivity contribution < 1.29 is 4.79 Å². The monoisotopic (exact) mass is 349 g/mol. The number of nitrogens with zero attached hydrogens (tertiary/aromatic N) is 4. The molecule has 0 saturated carbocycles. The second-order valence-electron chi connectivity index (χ2n) is 6.45. The van der Waals surface area contributed by atoms with Crippen LogP contribution in [0.25, 0.3) is 11.4 Å². The fraction of sp³-hybridized carbons (Fsp3) is 0.263. The first-order valence-electron chi connectivity index (χ1n) is 8.49. The normalized spacial score (nSPS) is 13.5. The lowest BCUT2D eigenvalue weighted by atomic mass is 10.1. The van der Waals surface area contributed by atoms with Crippen molar-refractivity contribution in [3.63, 3.8) is 0 Å². The number of carbonyl (C=O) groups excluding carboxylic acids is 1. The number of nitrogens with one attached hydrogen (secondary N) is 1. The summed E-state index contributed by atoms with van der Waals surface area (Å²) in [7, 11) is 1.84. The number of benzene rings is 1. The zero-order chi connectivity index (χ0) is 18.3. The van der Waals surface area contributed by atoms with Gasteiger partial charge in [-0.1, -0.05) is 30.3 Å². The van der Waals surface area contributed by atoms with Gasteiger partial charge in [0.2, 0.25) is 0 Å². The highest BCUT2D eigenvalue weighted by Crippen LogP contribution is 2.21. The average Bonchev–Trinajstić information content (AvgIpc) is 3.02. The Kier molecular flexibility index (Phi) is 3.91. The number of fused-ring (bicyclic) bond motifs is 1. The average molecular weight is 349 g/mol. The summed E-state index contributed by atoms with van der Waals surface area (Å²) >= 11 is 0. The highest BCUT2D eigenvalue weighted by molar-refractivity contribution is 5.93. The zero-order valence-electron chi connectivity index (χ0n) is 14.7. The molecule has 1 amide bonds. The van der Waals surface area contributed by atoms with E-state index in [0.717, 1.165) is 11.4 Å². The van der Waals surface area contributed by atoms with E-state index in [1.54, 1.807) is 18.0 Å². The van der Waals surface area contributed by atoms with Crippen molar-refractivity contribution in [2.75, 3.05) is 6.54 Å². The first kappa shape index (κ1) is 16.3. The fourth-order valence-electron chi connectivity index (χ4n) is 3.36. The second-order valence-corrected chi connectivity index (χ2v) is 6.45. The Bertz CT molecular complexity index is 1040. The van der Waals surface area contributed by atoms with Crippen LogP contribution in [0.15, 0.2) is 41.3 Å². The lowest BCUT2D eigenvalue weighted by Gasteiger charge is -2.27. The first-order valence-corrected chi connectivity index (χ1v) is 8.49. The summed E-state index contributed by atoms with van der Waals surface area (Å²) in [5.74, 6) is 1.21. The maximum Gasteiger partial charge on any atom is 0.272 e. The number of aromatic nitrogens is 4. The predicted octanol–water partition coefficient (Wildman–Crippen LogP) is 1.68. The molecule has 0 saturated heterocycles. The van der Waals surface area contributed by atoms with Gasteiger partial charge in [-0.3, -0.25) is 9.59 Å². The van der Waals surface area contributed by atoms with Crippen LogP contribution in [0.3, 0.4) is 0 Å². The molecule has 26 heavy (non-hydrogen) atoms. The van der Waals surface area contributed by atoms with Gasteiger partial charge < -0.3 is 14.5 Å². The molecule has 0 fully saturated rings. The molecule has 0 unspecified atom stereocenters. The number of aryl methyl sites for hydroxylation is 1. The second kappa shape index (κ2) is 6.25. The molecule has 1 aliphatic rings. The van der Waals surface area contributed by atoms with Crippen molar-refractivity contribution in [1.29, 1.82) is 0 Å². The maximum absolute atomic E-state index is 13.0. The minimum Gasteiger partial charge on any atom is -0.331 e. The van der Waals surface area contributed by atoms with Crippen molar-refractivity contribution in [1.82, 2.24) is 24.4 Å². The molecule has 4 rings (SSSR count). The van der Waals surface area contributed by atoms with Crippen LogP contribution < -0.4 is 5.56 Å². The number of imidazole rings is 1. The summed E-state index contributed by atoms with van der Waals surface area (Å²) in [5, 5.41) is 0. The minimum absolute atomic E-state index is 0.104. The number of hydrogen-bond donors (Lipinski definition) is 1. The maximum atomic E-state index is 13.0. The van der Waals surface area contributed by atoms with Gasteiger partial charge in [0.05, 0.1) is 18.4 Å². The van der Waals surface area contributed by atoms with E-state index >= 15 is 0 Å². The van der Waals surface area contributed by atoms with Crippen LogP contribution in [0, 0.1) is 6.92 Å². The molecule has 1 aliphatic heterocycles. The number of aromatic amines is 1. The molecular weight excluding hydrogens is 330 g/mol. The van der Waals surface area contributed by atoms with E-state index in [-0.39, 0.29) is 11.5 Å². The third-order valence-corrected chi connectivity index (χ3v) is 4.72. The van der Waals surface area contributed by atoms with Gasteiger partial charge in [-0.15, -0.1) is 0 Å². The molecule has 2 aromatic heterocycles. The van der Waals surface area contributed by atoms with Crippen LogP contribution in [0.1, 0.15) is 27.6 Å². The Morgan fingerprint density at radius 3 is 2.77 bits per heavy atom. The highest BCUT2D eigenvalue weighted by Gasteiger charge is 2.27. The standard InChI is InChI=1S/C19H19N5O2/c1-12-21-15-11-24(9-8-14(15)18(25)22-12)19(26)16-10-20-17(23(16)2)13-6-4-3-5-7-13/h3-7,10H,8-9,11H2,1-2H3,(H,21,22,25). The highest BCUT2D eigenvalue weighted by atomic mass is 16.2. The third kappa shape index (κ3) is 2.71. The quantitative estimate of drug-likeness (QED) is 0.763. The molecule has 1 N–H and O–H groups in total. The Balaban J connectivity index is 1.63. The molecule has 132 valence electrons. The molecule has 0 aliphatic carbocycles. The molecule has 3 aromatic rings. The van der Waals surface area contributed by atoms with E-state index in [0.29, 0.717) is 42.3 Å². The van der Waals surface area contributed by atoms with Crippen LogP contribution >= 0.6 is 0 Å². The minimum atomic E-state index is -0.105. The van der Waals surface area contributed by atoms with Gasteiger partial charge in [0, 0.05) is 24.7 Å². The predicted molar refractivity (Wildman–Crippen MR) is 96.7 cm³/mol. The molecular formula is C19H19N5O2. The largest absolute Gasteiger partial charge is 0.331 e. The molecule has 0 bridgehead atoms. The Labute approximate surface area is 150 Å². The van der Waals surface area contributed by atoms with Crippen LogP contribution in [-0.4, -0.2) is 36.9 Å². The van der Waals surface area contributed by atoms with E-state index in [2.05, 4.69) is 15.0 Å². The van der Waals surface area contributed by atoms with Gasteiger partial charge in [0.1, 0.15) is 17.3 Å². The number of hydrogen-bond acceptors (Lipinski definition) is 4. The molecule has 1 aromatic carbocycles. The van der Waals surface area contributed by atoms with Crippen LogP contribution in [-0.2, 0) is 20.0 Å². The van der Waals surface area contributed by atoms with E-state index in [1.165, 1.54) is 0 Å². The van der Waals surface area contributed by atoms with Crippen molar-refractivity contribution in [3.8, 4) is 11.4 Å². The molecule has 7 heteroatoms. The number of amides is 1. The van der Waals surface area contributed by atoms with Gasteiger partial charge in [0.15, 0.2) is 0 Å². The summed E-state index contributed by atoms with van der Waals surface area (Å²) < 4.78 is 1.81. The van der Waals surface area contributed by atoms with Crippen LogP contribution in [0.5, 0.6) is 0 Å². The van der Waals surface area contributed by atoms with Gasteiger partial charge in [0.25, 0.3) is 11.5 Å². The van der Waals surface area contributed by atoms with Crippen LogP contribution in [0.2, 0.25) is 0 Å². The van der Waals surface area contributed by atoms with E-state index in [1.807, 2.05) is 41.9 Å². The summed E-state index contributed by atoms with van der Waals surface area (Å²) in [6.45, 7) is 2.58. The lowest BCUT2D eigenvalue weighted by molar-refractivity contribution is 0.0721. The molecule has 0 spiro atoms. The SMILES string of the molecule is Cc1nc2c(c(=O)[nH]1)CCN(C(=O)c1cnc(-c3ccccc3)n1C)C2. The molecule has 0 radical (unpaired) electrons. The summed E-state index contributed by atoms with van der Waals surface area (Å²) in [6, 6.07) is 9.76. The summed E-state index contributed by atoms with van der Waals surface area (Å²) in [6.07, 6.45) is 2.11. The van der Waals surface area contributed by atoms with Crippen molar-refractivity contribution in [2.45, 2.75) is 19.9 Å². The van der Waals surface area contributed by atoms with Gasteiger partial charge >= 0.3 is 0 Å². The van der Waals surface area contributed by atoms with Gasteiger partial charge in [-0.25, -0.2) is 9.97 Å². The fourth-order valence-corrected chi connectivity index (χ4v) is 3.36. The number of carbonyl (C=O) groups is 1. The van der Waals surface area contributed by atoms with E-state index < -0.39 is 0 Å². The van der Waals surface area contributed by atoms with Crippen molar-refractivity contribution in [3.05, 3.63) is 69.7 Å². The molecule has 7 nitrogen and oxygen atoms in total. The Morgan fingerprint density at radius 2 is 2.00 bits per heavy atom. The topological polar surface area (TPSA) is 83.9 Å². The number of H-pyrrole nitrogens is 1. The van der Waals surface area contributed by atoms with Gasteiger partial charge in [-0.05, 0) is 13.3 Å². The van der Waals surface area contributed by atoms with E-state index in [4.69, 9.17) is 0 Å². The Hall–Kier alpha value is -3.22. The van der Waals surface area contributed by atoms with E-state index in [9.17, 15) is 9.59 Å². The summed E-state index contributed by atoms with van der Waals surface area (Å²) in [5.41, 5.74) is 2.73. The molecule has 3 heterocycles. The lowest BCUT2D eigenvalue weighted by Crippen LogP contribution is -2.39.